The Morgan fingerprint density at radius 1 is 1.30 bits per heavy atom. The molecular weight excluding hydrogens is 301 g/mol. The average Bonchev–Trinajstić information content (AvgIpc) is 2.39. The molecule has 0 aliphatic carbocycles. The van der Waals surface area contributed by atoms with E-state index in [1.807, 2.05) is 0 Å². The first-order valence-corrected chi connectivity index (χ1v) is 6.90. The first-order valence-electron chi connectivity index (χ1n) is 6.15. The second-order valence-electron chi connectivity index (χ2n) is 4.39. The predicted octanol–water partition coefficient (Wildman–Crippen LogP) is 3.48. The number of oxime groups is 1. The maximum Gasteiger partial charge on any atom is 0.238 e. The molecule has 0 saturated heterocycles. The van der Waals surface area contributed by atoms with Crippen LogP contribution in [0, 0.1) is 5.41 Å². The summed E-state index contributed by atoms with van der Waals surface area (Å²) in [6, 6.07) is 4.72. The van der Waals surface area contributed by atoms with Gasteiger partial charge >= 0.3 is 0 Å². The molecule has 0 bridgehead atoms. The fourth-order valence-electron chi connectivity index (χ4n) is 2.02. The quantitative estimate of drug-likeness (QED) is 0.336. The lowest BCUT2D eigenvalue weighted by molar-refractivity contribution is -0.122. The van der Waals surface area contributed by atoms with Gasteiger partial charge in [0.25, 0.3) is 0 Å². The zero-order valence-corrected chi connectivity index (χ0v) is 12.8. The summed E-state index contributed by atoms with van der Waals surface area (Å²) in [4.78, 5) is 12.5. The fraction of sp³-hybridized carbons (Fsp3) is 0.385. The first kappa shape index (κ1) is 16.6. The SMILES string of the molecule is CCC(CC)(C(=O)Nc1cc(Cl)cc(Cl)c1)C(N)=NO. The van der Waals surface area contributed by atoms with Gasteiger partial charge in [0.15, 0.2) is 5.84 Å². The molecule has 0 unspecified atom stereocenters. The van der Waals surface area contributed by atoms with Crippen LogP contribution in [0.15, 0.2) is 23.4 Å². The van der Waals surface area contributed by atoms with Crippen molar-refractivity contribution in [3.63, 3.8) is 0 Å². The molecule has 0 fully saturated rings. The molecule has 110 valence electrons. The summed E-state index contributed by atoms with van der Waals surface area (Å²) in [6.45, 7) is 3.60. The molecule has 0 saturated carbocycles. The molecule has 1 aromatic rings. The van der Waals surface area contributed by atoms with E-state index in [-0.39, 0.29) is 11.7 Å². The highest BCUT2D eigenvalue weighted by molar-refractivity contribution is 6.35. The van der Waals surface area contributed by atoms with Crippen molar-refractivity contribution in [3.05, 3.63) is 28.2 Å². The molecule has 1 amide bonds. The van der Waals surface area contributed by atoms with Crippen molar-refractivity contribution in [2.45, 2.75) is 26.7 Å². The van der Waals surface area contributed by atoms with Gasteiger partial charge < -0.3 is 16.3 Å². The standard InChI is InChI=1S/C13H17Cl2N3O2/c1-3-13(4-2,11(16)18-20)12(19)17-10-6-8(14)5-9(15)7-10/h5-7,20H,3-4H2,1-2H3,(H2,16,18)(H,17,19). The van der Waals surface area contributed by atoms with Crippen molar-refractivity contribution in [2.24, 2.45) is 16.3 Å². The predicted molar refractivity (Wildman–Crippen MR) is 81.5 cm³/mol. The lowest BCUT2D eigenvalue weighted by Gasteiger charge is -2.28. The van der Waals surface area contributed by atoms with Crippen LogP contribution in [0.4, 0.5) is 5.69 Å². The van der Waals surface area contributed by atoms with Crippen LogP contribution in [0.3, 0.4) is 0 Å². The molecule has 20 heavy (non-hydrogen) atoms. The zero-order valence-electron chi connectivity index (χ0n) is 11.3. The minimum atomic E-state index is -1.07. The van der Waals surface area contributed by atoms with Gasteiger partial charge in [-0.2, -0.15) is 0 Å². The second-order valence-corrected chi connectivity index (χ2v) is 5.26. The fourth-order valence-corrected chi connectivity index (χ4v) is 2.55. The Morgan fingerprint density at radius 3 is 2.20 bits per heavy atom. The van der Waals surface area contributed by atoms with Crippen LogP contribution in [-0.4, -0.2) is 17.0 Å². The highest BCUT2D eigenvalue weighted by Gasteiger charge is 2.39. The molecule has 0 atom stereocenters. The molecule has 1 aromatic carbocycles. The van der Waals surface area contributed by atoms with E-state index in [1.165, 1.54) is 0 Å². The van der Waals surface area contributed by atoms with Crippen molar-refractivity contribution in [2.75, 3.05) is 5.32 Å². The number of rotatable bonds is 5. The van der Waals surface area contributed by atoms with Crippen molar-refractivity contribution in [1.82, 2.24) is 0 Å². The van der Waals surface area contributed by atoms with Crippen LogP contribution in [0.5, 0.6) is 0 Å². The molecule has 7 heteroatoms. The summed E-state index contributed by atoms with van der Waals surface area (Å²) in [5.74, 6) is -0.482. The van der Waals surface area contributed by atoms with Gasteiger partial charge in [0, 0.05) is 15.7 Å². The van der Waals surface area contributed by atoms with E-state index in [0.717, 1.165) is 0 Å². The summed E-state index contributed by atoms with van der Waals surface area (Å²) >= 11 is 11.8. The van der Waals surface area contributed by atoms with Crippen LogP contribution < -0.4 is 11.1 Å². The first-order chi connectivity index (χ1) is 9.39. The molecule has 0 heterocycles. The molecule has 0 aliphatic rings. The van der Waals surface area contributed by atoms with Crippen molar-refractivity contribution < 1.29 is 10.0 Å². The molecule has 4 N–H and O–H groups in total. The topological polar surface area (TPSA) is 87.7 Å². The minimum absolute atomic E-state index is 0.117. The Balaban J connectivity index is 3.09. The number of hydrogen-bond donors (Lipinski definition) is 3. The van der Waals surface area contributed by atoms with Crippen LogP contribution in [0.25, 0.3) is 0 Å². The number of amides is 1. The number of amidine groups is 1. The number of nitrogens with one attached hydrogen (secondary N) is 1. The van der Waals surface area contributed by atoms with E-state index >= 15 is 0 Å². The third-order valence-electron chi connectivity index (χ3n) is 3.36. The second kappa shape index (κ2) is 6.81. The summed E-state index contributed by atoms with van der Waals surface area (Å²) in [6.07, 6.45) is 0.805. The molecule has 5 nitrogen and oxygen atoms in total. The van der Waals surface area contributed by atoms with Gasteiger partial charge in [-0.05, 0) is 31.0 Å². The van der Waals surface area contributed by atoms with Crippen LogP contribution in [0.1, 0.15) is 26.7 Å². The Kier molecular flexibility index (Phi) is 5.65. The minimum Gasteiger partial charge on any atom is -0.409 e. The van der Waals surface area contributed by atoms with Gasteiger partial charge in [0.05, 0.1) is 0 Å². The van der Waals surface area contributed by atoms with E-state index in [0.29, 0.717) is 28.6 Å². The lowest BCUT2D eigenvalue weighted by Crippen LogP contribution is -2.46. The van der Waals surface area contributed by atoms with E-state index in [4.69, 9.17) is 34.1 Å². The number of anilines is 1. The number of nitrogens with zero attached hydrogens (tertiary/aromatic N) is 1. The molecule has 0 aliphatic heterocycles. The van der Waals surface area contributed by atoms with Gasteiger partial charge in [0.1, 0.15) is 5.41 Å². The molecule has 0 radical (unpaired) electrons. The summed E-state index contributed by atoms with van der Waals surface area (Å²) < 4.78 is 0. The maximum absolute atomic E-state index is 12.5. The number of halogens is 2. The normalized spacial score (nSPS) is 12.3. The van der Waals surface area contributed by atoms with Crippen molar-refractivity contribution >= 4 is 40.6 Å². The van der Waals surface area contributed by atoms with Gasteiger partial charge in [-0.3, -0.25) is 4.79 Å². The van der Waals surface area contributed by atoms with Crippen molar-refractivity contribution in [3.8, 4) is 0 Å². The monoisotopic (exact) mass is 317 g/mol. The Morgan fingerprint density at radius 2 is 1.80 bits per heavy atom. The van der Waals surface area contributed by atoms with E-state index in [2.05, 4.69) is 10.5 Å². The number of carbonyl (C=O) groups is 1. The highest BCUT2D eigenvalue weighted by atomic mass is 35.5. The number of benzene rings is 1. The van der Waals surface area contributed by atoms with Crippen molar-refractivity contribution in [1.29, 1.82) is 0 Å². The highest BCUT2D eigenvalue weighted by Crippen LogP contribution is 2.30. The van der Waals surface area contributed by atoms with Crippen LogP contribution in [-0.2, 0) is 4.79 Å². The molecule has 0 aromatic heterocycles. The molecule has 1 rings (SSSR count). The van der Waals surface area contributed by atoms with Gasteiger partial charge in [-0.15, -0.1) is 0 Å². The summed E-state index contributed by atoms with van der Waals surface area (Å²) in [5, 5.41) is 15.4. The summed E-state index contributed by atoms with van der Waals surface area (Å²) in [7, 11) is 0. The third kappa shape index (κ3) is 3.35. The van der Waals surface area contributed by atoms with Gasteiger partial charge in [-0.1, -0.05) is 42.2 Å². The maximum atomic E-state index is 12.5. The van der Waals surface area contributed by atoms with Gasteiger partial charge in [-0.25, -0.2) is 0 Å². The lowest BCUT2D eigenvalue weighted by atomic mass is 9.80. The Labute approximate surface area is 127 Å². The van der Waals surface area contributed by atoms with Gasteiger partial charge in [0.2, 0.25) is 5.91 Å². The van der Waals surface area contributed by atoms with E-state index < -0.39 is 5.41 Å². The Bertz CT molecular complexity index is 508. The van der Waals surface area contributed by atoms with E-state index in [1.54, 1.807) is 32.0 Å². The molecular formula is C13H17Cl2N3O2. The largest absolute Gasteiger partial charge is 0.409 e. The average molecular weight is 318 g/mol. The number of nitrogens with two attached hydrogens (primary N) is 1. The molecule has 0 spiro atoms. The Hall–Kier alpha value is -1.46. The van der Waals surface area contributed by atoms with Crippen LogP contribution in [0.2, 0.25) is 10.0 Å². The number of hydrogen-bond acceptors (Lipinski definition) is 3. The van der Waals surface area contributed by atoms with E-state index in [9.17, 15) is 4.79 Å². The summed E-state index contributed by atoms with van der Waals surface area (Å²) in [5.41, 5.74) is 5.07. The van der Waals surface area contributed by atoms with Crippen LogP contribution >= 0.6 is 23.2 Å². The third-order valence-corrected chi connectivity index (χ3v) is 3.80. The zero-order chi connectivity index (χ0) is 15.3. The smallest absolute Gasteiger partial charge is 0.238 e. The number of carbonyl (C=O) groups excluding carboxylic acids is 1.